The van der Waals surface area contributed by atoms with Gasteiger partial charge in [0.2, 0.25) is 0 Å². The van der Waals surface area contributed by atoms with Crippen LogP contribution in [0.2, 0.25) is 0 Å². The van der Waals surface area contributed by atoms with Crippen molar-refractivity contribution in [2.45, 2.75) is 58.0 Å². The Morgan fingerprint density at radius 2 is 2.05 bits per heavy atom. The highest BCUT2D eigenvalue weighted by molar-refractivity contribution is 4.99. The van der Waals surface area contributed by atoms with Gasteiger partial charge in [0, 0.05) is 19.1 Å². The van der Waals surface area contributed by atoms with E-state index in [4.69, 9.17) is 4.74 Å². The third kappa shape index (κ3) is 3.83. The number of rotatable bonds is 3. The van der Waals surface area contributed by atoms with Crippen LogP contribution in [0, 0.1) is 12.8 Å². The maximum absolute atomic E-state index is 5.82. The second kappa shape index (κ2) is 6.05. The summed E-state index contributed by atoms with van der Waals surface area (Å²) in [4.78, 5) is 7.12. The SMILES string of the molecule is Cc1nc(C2CCN(C[C@@H]3CCOC(C)(C)C3)CC2)n[nH]1. The molecule has 1 aromatic heterocycles. The summed E-state index contributed by atoms with van der Waals surface area (Å²) in [6.07, 6.45) is 4.77. The van der Waals surface area contributed by atoms with Gasteiger partial charge in [-0.25, -0.2) is 4.98 Å². The van der Waals surface area contributed by atoms with E-state index in [0.29, 0.717) is 5.92 Å². The molecule has 5 heteroatoms. The minimum Gasteiger partial charge on any atom is -0.376 e. The first-order valence-corrected chi connectivity index (χ1v) is 8.27. The third-order valence-electron chi connectivity index (χ3n) is 4.88. The second-order valence-electron chi connectivity index (χ2n) is 7.32. The first-order valence-electron chi connectivity index (χ1n) is 8.27. The van der Waals surface area contributed by atoms with Crippen LogP contribution < -0.4 is 0 Å². The first kappa shape index (κ1) is 15.0. The Balaban J connectivity index is 1.47. The zero-order valence-electron chi connectivity index (χ0n) is 13.6. The number of aromatic amines is 1. The maximum atomic E-state index is 5.82. The topological polar surface area (TPSA) is 54.0 Å². The summed E-state index contributed by atoms with van der Waals surface area (Å²) in [5.74, 6) is 3.27. The Labute approximate surface area is 127 Å². The smallest absolute Gasteiger partial charge is 0.153 e. The lowest BCUT2D eigenvalue weighted by Gasteiger charge is -2.39. The van der Waals surface area contributed by atoms with Gasteiger partial charge in [-0.3, -0.25) is 5.10 Å². The number of nitrogens with zero attached hydrogens (tertiary/aromatic N) is 3. The molecule has 1 atom stereocenters. The van der Waals surface area contributed by atoms with Gasteiger partial charge in [-0.15, -0.1) is 0 Å². The van der Waals surface area contributed by atoms with Crippen LogP contribution in [0.1, 0.15) is 57.1 Å². The van der Waals surface area contributed by atoms with Gasteiger partial charge in [-0.2, -0.15) is 5.10 Å². The normalized spacial score (nSPS) is 27.9. The van der Waals surface area contributed by atoms with Crippen LogP contribution in [0.15, 0.2) is 0 Å². The standard InChI is InChI=1S/C16H28N4O/c1-12-17-15(19-18-12)14-4-7-20(8-5-14)11-13-6-9-21-16(2,3)10-13/h13-14H,4-11H2,1-3H3,(H,17,18,19)/t13-/m1/s1. The van der Waals surface area contributed by atoms with E-state index in [1.165, 1.54) is 45.3 Å². The summed E-state index contributed by atoms with van der Waals surface area (Å²) in [6, 6.07) is 0. The molecule has 2 aliphatic rings. The molecule has 118 valence electrons. The third-order valence-corrected chi connectivity index (χ3v) is 4.88. The van der Waals surface area contributed by atoms with Crippen molar-refractivity contribution >= 4 is 0 Å². The average Bonchev–Trinajstić information content (AvgIpc) is 2.85. The number of hydrogen-bond acceptors (Lipinski definition) is 4. The predicted molar refractivity (Wildman–Crippen MR) is 82.3 cm³/mol. The molecule has 0 saturated carbocycles. The van der Waals surface area contributed by atoms with Crippen LogP contribution in [-0.2, 0) is 4.74 Å². The van der Waals surface area contributed by atoms with Crippen molar-refractivity contribution in [1.82, 2.24) is 20.1 Å². The van der Waals surface area contributed by atoms with E-state index in [1.807, 2.05) is 6.92 Å². The van der Waals surface area contributed by atoms with E-state index >= 15 is 0 Å². The molecule has 0 aliphatic carbocycles. The fraction of sp³-hybridized carbons (Fsp3) is 0.875. The number of piperidine rings is 1. The van der Waals surface area contributed by atoms with Crippen molar-refractivity contribution in [3.63, 3.8) is 0 Å². The van der Waals surface area contributed by atoms with Crippen molar-refractivity contribution in [2.24, 2.45) is 5.92 Å². The minimum absolute atomic E-state index is 0.0672. The summed E-state index contributed by atoms with van der Waals surface area (Å²) in [5.41, 5.74) is 0.0672. The average molecular weight is 292 g/mol. The lowest BCUT2D eigenvalue weighted by atomic mass is 9.87. The Bertz CT molecular complexity index is 463. The fourth-order valence-electron chi connectivity index (χ4n) is 3.80. The van der Waals surface area contributed by atoms with E-state index in [-0.39, 0.29) is 5.60 Å². The molecule has 0 aromatic carbocycles. The number of nitrogens with one attached hydrogen (secondary N) is 1. The Kier molecular flexibility index (Phi) is 4.31. The van der Waals surface area contributed by atoms with Gasteiger partial charge in [0.25, 0.3) is 0 Å². The van der Waals surface area contributed by atoms with Gasteiger partial charge in [0.15, 0.2) is 5.82 Å². The van der Waals surface area contributed by atoms with Crippen LogP contribution >= 0.6 is 0 Å². The lowest BCUT2D eigenvalue weighted by molar-refractivity contribution is -0.0775. The van der Waals surface area contributed by atoms with E-state index in [2.05, 4.69) is 33.9 Å². The van der Waals surface area contributed by atoms with Crippen LogP contribution in [0.3, 0.4) is 0 Å². The molecule has 0 radical (unpaired) electrons. The summed E-state index contributed by atoms with van der Waals surface area (Å²) in [6.45, 7) is 10.9. The van der Waals surface area contributed by atoms with Gasteiger partial charge in [0.1, 0.15) is 5.82 Å². The van der Waals surface area contributed by atoms with Crippen LogP contribution in [0.5, 0.6) is 0 Å². The molecule has 0 spiro atoms. The Hall–Kier alpha value is -0.940. The van der Waals surface area contributed by atoms with Gasteiger partial charge < -0.3 is 9.64 Å². The Morgan fingerprint density at radius 3 is 2.67 bits per heavy atom. The van der Waals surface area contributed by atoms with E-state index in [1.54, 1.807) is 0 Å². The van der Waals surface area contributed by atoms with Gasteiger partial charge in [0.05, 0.1) is 5.60 Å². The van der Waals surface area contributed by atoms with Gasteiger partial charge >= 0.3 is 0 Å². The maximum Gasteiger partial charge on any atom is 0.153 e. The van der Waals surface area contributed by atoms with Gasteiger partial charge in [-0.05, 0) is 65.5 Å². The summed E-state index contributed by atoms with van der Waals surface area (Å²) in [7, 11) is 0. The Morgan fingerprint density at radius 1 is 1.29 bits per heavy atom. The molecule has 3 heterocycles. The molecule has 1 N–H and O–H groups in total. The number of likely N-dealkylation sites (tertiary alicyclic amines) is 1. The quantitative estimate of drug-likeness (QED) is 0.930. The monoisotopic (exact) mass is 292 g/mol. The lowest BCUT2D eigenvalue weighted by Crippen LogP contribution is -2.42. The molecule has 0 bridgehead atoms. The van der Waals surface area contributed by atoms with Gasteiger partial charge in [-0.1, -0.05) is 0 Å². The van der Waals surface area contributed by atoms with Crippen LogP contribution in [0.4, 0.5) is 0 Å². The molecule has 21 heavy (non-hydrogen) atoms. The van der Waals surface area contributed by atoms with Crippen molar-refractivity contribution in [1.29, 1.82) is 0 Å². The van der Waals surface area contributed by atoms with E-state index in [0.717, 1.165) is 24.2 Å². The molecular weight excluding hydrogens is 264 g/mol. The number of ether oxygens (including phenoxy) is 1. The molecular formula is C16H28N4O. The summed E-state index contributed by atoms with van der Waals surface area (Å²) >= 11 is 0. The first-order chi connectivity index (χ1) is 10.0. The zero-order chi connectivity index (χ0) is 14.9. The summed E-state index contributed by atoms with van der Waals surface area (Å²) in [5, 5.41) is 7.29. The zero-order valence-corrected chi connectivity index (χ0v) is 13.6. The van der Waals surface area contributed by atoms with Crippen LogP contribution in [0.25, 0.3) is 0 Å². The molecule has 3 rings (SSSR count). The van der Waals surface area contributed by atoms with Crippen molar-refractivity contribution in [3.05, 3.63) is 11.6 Å². The minimum atomic E-state index is 0.0672. The molecule has 2 aliphatic heterocycles. The number of H-pyrrole nitrogens is 1. The van der Waals surface area contributed by atoms with Crippen molar-refractivity contribution in [3.8, 4) is 0 Å². The van der Waals surface area contributed by atoms with Crippen LogP contribution in [-0.4, -0.2) is 51.9 Å². The predicted octanol–water partition coefficient (Wildman–Crippen LogP) is 2.50. The highest BCUT2D eigenvalue weighted by Gasteiger charge is 2.31. The second-order valence-corrected chi connectivity index (χ2v) is 7.32. The largest absolute Gasteiger partial charge is 0.376 e. The fourth-order valence-corrected chi connectivity index (χ4v) is 3.80. The van der Waals surface area contributed by atoms with Crippen molar-refractivity contribution in [2.75, 3.05) is 26.2 Å². The van der Waals surface area contributed by atoms with Crippen molar-refractivity contribution < 1.29 is 4.74 Å². The molecule has 0 unspecified atom stereocenters. The molecule has 2 saturated heterocycles. The number of aromatic nitrogens is 3. The molecule has 1 aromatic rings. The van der Waals surface area contributed by atoms with E-state index < -0.39 is 0 Å². The highest BCUT2D eigenvalue weighted by Crippen LogP contribution is 2.31. The summed E-state index contributed by atoms with van der Waals surface area (Å²) < 4.78 is 5.82. The number of hydrogen-bond donors (Lipinski definition) is 1. The molecule has 2 fully saturated rings. The molecule has 0 amide bonds. The van der Waals surface area contributed by atoms with E-state index in [9.17, 15) is 0 Å². The molecule has 5 nitrogen and oxygen atoms in total. The highest BCUT2D eigenvalue weighted by atomic mass is 16.5. The number of aryl methyl sites for hydroxylation is 1.